The first-order chi connectivity index (χ1) is 9.65. The smallest absolute Gasteiger partial charge is 0.137 e. The number of nitrogens with one attached hydrogen (secondary N) is 1. The summed E-state index contributed by atoms with van der Waals surface area (Å²) in [5.41, 5.74) is 1.09. The second kappa shape index (κ2) is 9.09. The molecule has 1 N–H and O–H groups in total. The van der Waals surface area contributed by atoms with E-state index in [0.717, 1.165) is 44.6 Å². The highest BCUT2D eigenvalue weighted by molar-refractivity contribution is 9.10. The lowest BCUT2D eigenvalue weighted by molar-refractivity contribution is 0.125. The van der Waals surface area contributed by atoms with E-state index >= 15 is 0 Å². The number of piperazine rings is 1. The Hall–Kier alpha value is -0.160. The number of nitrogens with zero attached hydrogens (tertiary/aromatic N) is 1. The van der Waals surface area contributed by atoms with Crippen LogP contribution in [0.1, 0.15) is 38.3 Å². The van der Waals surface area contributed by atoms with Crippen LogP contribution in [0.2, 0.25) is 0 Å². The van der Waals surface area contributed by atoms with Crippen LogP contribution in [0.3, 0.4) is 0 Å². The molecule has 1 aromatic carbocycles. The summed E-state index contributed by atoms with van der Waals surface area (Å²) >= 11 is 3.45. The molecule has 2 rings (SSSR count). The van der Waals surface area contributed by atoms with Gasteiger partial charge in [-0.3, -0.25) is 4.90 Å². The molecule has 2 atom stereocenters. The summed E-state index contributed by atoms with van der Waals surface area (Å²) in [5, 5.41) is 3.39. The van der Waals surface area contributed by atoms with Gasteiger partial charge in [0, 0.05) is 32.2 Å². The third-order valence-corrected chi connectivity index (χ3v) is 4.96. The van der Waals surface area contributed by atoms with Crippen LogP contribution >= 0.6 is 28.3 Å². The van der Waals surface area contributed by atoms with Gasteiger partial charge in [-0.2, -0.15) is 0 Å². The van der Waals surface area contributed by atoms with Crippen molar-refractivity contribution < 1.29 is 4.39 Å². The van der Waals surface area contributed by atoms with Crippen LogP contribution in [0.4, 0.5) is 4.39 Å². The van der Waals surface area contributed by atoms with E-state index < -0.39 is 0 Å². The minimum atomic E-state index is -0.161. The van der Waals surface area contributed by atoms with Crippen LogP contribution in [-0.2, 0) is 0 Å². The zero-order valence-corrected chi connectivity index (χ0v) is 15.1. The van der Waals surface area contributed by atoms with Crippen LogP contribution in [-0.4, -0.2) is 31.1 Å². The zero-order chi connectivity index (χ0) is 14.5. The highest BCUT2D eigenvalue weighted by Gasteiger charge is 2.28. The summed E-state index contributed by atoms with van der Waals surface area (Å²) in [6.07, 6.45) is 2.33. The Kier molecular flexibility index (Phi) is 8.17. The van der Waals surface area contributed by atoms with Crippen molar-refractivity contribution in [2.75, 3.05) is 26.2 Å². The van der Waals surface area contributed by atoms with Crippen LogP contribution in [0.25, 0.3) is 0 Å². The van der Waals surface area contributed by atoms with Crippen molar-refractivity contribution in [1.29, 1.82) is 0 Å². The Morgan fingerprint density at radius 2 is 2.00 bits per heavy atom. The molecule has 0 radical (unpaired) electrons. The Labute approximate surface area is 142 Å². The summed E-state index contributed by atoms with van der Waals surface area (Å²) in [6.45, 7) is 8.59. The summed E-state index contributed by atoms with van der Waals surface area (Å²) in [5.74, 6) is 0.363. The van der Waals surface area contributed by atoms with Crippen molar-refractivity contribution in [3.63, 3.8) is 0 Å². The van der Waals surface area contributed by atoms with Gasteiger partial charge in [0.05, 0.1) is 4.47 Å². The Balaban J connectivity index is 0.00000220. The average Bonchev–Trinajstić information content (AvgIpc) is 2.45. The van der Waals surface area contributed by atoms with Gasteiger partial charge in [-0.15, -0.1) is 12.4 Å². The van der Waals surface area contributed by atoms with Crippen LogP contribution in [0, 0.1) is 11.7 Å². The molecule has 0 saturated carbocycles. The Morgan fingerprint density at radius 1 is 1.33 bits per heavy atom. The molecule has 1 aliphatic rings. The van der Waals surface area contributed by atoms with Gasteiger partial charge in [0.1, 0.15) is 5.82 Å². The first kappa shape index (κ1) is 18.9. The summed E-state index contributed by atoms with van der Waals surface area (Å²) in [7, 11) is 0. The predicted octanol–water partition coefficient (Wildman–Crippen LogP) is 4.39. The molecule has 1 unspecified atom stereocenters. The monoisotopic (exact) mass is 378 g/mol. The first-order valence-corrected chi connectivity index (χ1v) is 8.33. The minimum Gasteiger partial charge on any atom is -0.314 e. The maximum atomic E-state index is 13.9. The summed E-state index contributed by atoms with van der Waals surface area (Å²) in [4.78, 5) is 2.50. The molecule has 0 aliphatic carbocycles. The van der Waals surface area contributed by atoms with Gasteiger partial charge in [0.25, 0.3) is 0 Å². The second-order valence-corrected chi connectivity index (χ2v) is 6.43. The maximum absolute atomic E-state index is 13.9. The van der Waals surface area contributed by atoms with Crippen molar-refractivity contribution >= 4 is 28.3 Å². The van der Waals surface area contributed by atoms with Crippen molar-refractivity contribution in [3.8, 4) is 0 Å². The van der Waals surface area contributed by atoms with Gasteiger partial charge >= 0.3 is 0 Å². The zero-order valence-electron chi connectivity index (χ0n) is 12.7. The average molecular weight is 380 g/mol. The molecule has 1 aliphatic heterocycles. The van der Waals surface area contributed by atoms with E-state index in [9.17, 15) is 4.39 Å². The molecule has 1 aromatic rings. The highest BCUT2D eigenvalue weighted by Crippen LogP contribution is 2.36. The molecule has 1 fully saturated rings. The van der Waals surface area contributed by atoms with E-state index in [1.165, 1.54) is 6.07 Å². The molecule has 0 aromatic heterocycles. The van der Waals surface area contributed by atoms with E-state index in [2.05, 4.69) is 46.1 Å². The van der Waals surface area contributed by atoms with Gasteiger partial charge in [-0.25, -0.2) is 4.39 Å². The standard InChI is InChI=1S/C16H24BrFN2.ClH/c1-3-5-12(2)16(20-10-8-19-9-11-20)13-6-4-7-14(18)15(13)17;/h4,6-7,12,16,19H,3,5,8-11H2,1-2H3;1H/t12?,16-;/m1./s1. The molecule has 5 heteroatoms. The molecule has 120 valence electrons. The SMILES string of the molecule is CCCC(C)[C@H](c1cccc(F)c1Br)N1CCNCC1.Cl. The highest BCUT2D eigenvalue weighted by atomic mass is 79.9. The van der Waals surface area contributed by atoms with Crippen molar-refractivity contribution in [1.82, 2.24) is 10.2 Å². The van der Waals surface area contributed by atoms with Crippen LogP contribution in [0.5, 0.6) is 0 Å². The Bertz CT molecular complexity index is 438. The van der Waals surface area contributed by atoms with E-state index in [1.807, 2.05) is 6.07 Å². The van der Waals surface area contributed by atoms with Gasteiger partial charge < -0.3 is 5.32 Å². The van der Waals surface area contributed by atoms with Gasteiger partial charge in [0.2, 0.25) is 0 Å². The summed E-state index contributed by atoms with van der Waals surface area (Å²) in [6, 6.07) is 5.70. The van der Waals surface area contributed by atoms with Crippen LogP contribution in [0.15, 0.2) is 22.7 Å². The van der Waals surface area contributed by atoms with Gasteiger partial charge in [-0.05, 0) is 39.9 Å². The second-order valence-electron chi connectivity index (χ2n) is 5.64. The fourth-order valence-electron chi connectivity index (χ4n) is 3.19. The van der Waals surface area contributed by atoms with Crippen molar-refractivity contribution in [3.05, 3.63) is 34.1 Å². The molecule has 1 saturated heterocycles. The molecular weight excluding hydrogens is 355 g/mol. The third kappa shape index (κ3) is 4.65. The lowest BCUT2D eigenvalue weighted by atomic mass is 9.89. The van der Waals surface area contributed by atoms with E-state index in [0.29, 0.717) is 16.4 Å². The topological polar surface area (TPSA) is 15.3 Å². The number of hydrogen-bond acceptors (Lipinski definition) is 2. The fourth-order valence-corrected chi connectivity index (χ4v) is 3.68. The Morgan fingerprint density at radius 3 is 2.62 bits per heavy atom. The number of benzene rings is 1. The maximum Gasteiger partial charge on any atom is 0.137 e. The number of halogens is 3. The molecule has 0 bridgehead atoms. The first-order valence-electron chi connectivity index (χ1n) is 7.53. The molecule has 0 amide bonds. The third-order valence-electron chi connectivity index (χ3n) is 4.13. The quantitative estimate of drug-likeness (QED) is 0.816. The fraction of sp³-hybridized carbons (Fsp3) is 0.625. The van der Waals surface area contributed by atoms with Gasteiger partial charge in [0.15, 0.2) is 0 Å². The van der Waals surface area contributed by atoms with Crippen molar-refractivity contribution in [2.45, 2.75) is 32.7 Å². The molecule has 0 spiro atoms. The van der Waals surface area contributed by atoms with Crippen LogP contribution < -0.4 is 5.32 Å². The van der Waals surface area contributed by atoms with E-state index in [4.69, 9.17) is 0 Å². The molecule has 21 heavy (non-hydrogen) atoms. The molecule has 2 nitrogen and oxygen atoms in total. The largest absolute Gasteiger partial charge is 0.314 e. The molecule has 1 heterocycles. The van der Waals surface area contributed by atoms with E-state index in [1.54, 1.807) is 0 Å². The minimum absolute atomic E-state index is 0. The normalized spacial score (nSPS) is 18.9. The van der Waals surface area contributed by atoms with E-state index in [-0.39, 0.29) is 18.2 Å². The van der Waals surface area contributed by atoms with Crippen molar-refractivity contribution in [2.24, 2.45) is 5.92 Å². The summed E-state index contributed by atoms with van der Waals surface area (Å²) < 4.78 is 14.5. The number of rotatable bonds is 5. The number of hydrogen-bond donors (Lipinski definition) is 1. The predicted molar refractivity (Wildman–Crippen MR) is 92.6 cm³/mol. The lowest BCUT2D eigenvalue weighted by Gasteiger charge is -2.39. The lowest BCUT2D eigenvalue weighted by Crippen LogP contribution is -2.46. The molecular formula is C16H25BrClFN2. The van der Waals surface area contributed by atoms with Gasteiger partial charge in [-0.1, -0.05) is 32.4 Å².